The van der Waals surface area contributed by atoms with E-state index in [1.54, 1.807) is 6.92 Å². The maximum absolute atomic E-state index is 12.9. The molecule has 0 spiro atoms. The van der Waals surface area contributed by atoms with Gasteiger partial charge < -0.3 is 5.32 Å². The summed E-state index contributed by atoms with van der Waals surface area (Å²) < 4.78 is 39.1. The first-order valence-corrected chi connectivity index (χ1v) is 7.23. The van der Waals surface area contributed by atoms with Crippen molar-refractivity contribution < 1.29 is 18.0 Å². The molecule has 0 aliphatic carbocycles. The van der Waals surface area contributed by atoms with Crippen molar-refractivity contribution in [2.75, 3.05) is 5.88 Å². The van der Waals surface area contributed by atoms with Crippen LogP contribution in [0.5, 0.6) is 0 Å². The van der Waals surface area contributed by atoms with Crippen LogP contribution in [0.3, 0.4) is 0 Å². The van der Waals surface area contributed by atoms with E-state index >= 15 is 0 Å². The molecule has 7 heteroatoms. The number of rotatable bonds is 4. The summed E-state index contributed by atoms with van der Waals surface area (Å²) in [5.74, 6) is -0.479. The second kappa shape index (κ2) is 6.80. The van der Waals surface area contributed by atoms with E-state index in [9.17, 15) is 18.0 Å². The summed E-state index contributed by atoms with van der Waals surface area (Å²) in [4.78, 5) is 12.0. The number of carbonyl (C=O) groups excluding carboxylic acids is 1. The number of carbonyl (C=O) groups is 1. The maximum Gasteiger partial charge on any atom is 0.417 e. The minimum atomic E-state index is -4.59. The van der Waals surface area contributed by atoms with Crippen LogP contribution in [0, 0.1) is 5.92 Å². The van der Waals surface area contributed by atoms with Crippen molar-refractivity contribution in [1.82, 2.24) is 5.32 Å². The van der Waals surface area contributed by atoms with E-state index in [4.69, 9.17) is 11.6 Å². The zero-order chi connectivity index (χ0) is 15.5. The summed E-state index contributed by atoms with van der Waals surface area (Å²) in [5, 5.41) is 2.54. The molecule has 1 aromatic rings. The highest BCUT2D eigenvalue weighted by molar-refractivity contribution is 9.10. The Kier molecular flexibility index (Phi) is 5.89. The third-order valence-electron chi connectivity index (χ3n) is 2.99. The van der Waals surface area contributed by atoms with Crippen LogP contribution in [0.2, 0.25) is 0 Å². The van der Waals surface area contributed by atoms with Gasteiger partial charge in [0.1, 0.15) is 0 Å². The molecule has 2 atom stereocenters. The molecule has 1 N–H and O–H groups in total. The summed E-state index contributed by atoms with van der Waals surface area (Å²) in [6.45, 7) is 3.52. The molecule has 0 bridgehead atoms. The van der Waals surface area contributed by atoms with Gasteiger partial charge in [0.05, 0.1) is 11.1 Å². The fourth-order valence-corrected chi connectivity index (χ4v) is 2.14. The van der Waals surface area contributed by atoms with E-state index in [1.165, 1.54) is 6.07 Å². The standard InChI is InChI=1S/C13H14BrClF3NO/c1-7(6-15)8(2)19-12(20)10-4-3-9(14)5-11(10)13(16,17)18/h3-5,7-8H,6H2,1-2H3,(H,19,20). The van der Waals surface area contributed by atoms with E-state index in [0.717, 1.165) is 12.1 Å². The first kappa shape index (κ1) is 17.3. The quantitative estimate of drug-likeness (QED) is 0.777. The topological polar surface area (TPSA) is 29.1 Å². The van der Waals surface area contributed by atoms with Gasteiger partial charge >= 0.3 is 6.18 Å². The molecule has 112 valence electrons. The van der Waals surface area contributed by atoms with Gasteiger partial charge in [-0.25, -0.2) is 0 Å². The highest BCUT2D eigenvalue weighted by Crippen LogP contribution is 2.33. The predicted octanol–water partition coefficient (Wildman–Crippen LogP) is 4.46. The molecular weight excluding hydrogens is 358 g/mol. The van der Waals surface area contributed by atoms with Crippen LogP contribution in [-0.2, 0) is 6.18 Å². The molecule has 1 amide bonds. The molecule has 20 heavy (non-hydrogen) atoms. The first-order valence-electron chi connectivity index (χ1n) is 5.90. The highest BCUT2D eigenvalue weighted by atomic mass is 79.9. The van der Waals surface area contributed by atoms with E-state index in [1.807, 2.05) is 6.92 Å². The fraction of sp³-hybridized carbons (Fsp3) is 0.462. The number of hydrogen-bond acceptors (Lipinski definition) is 1. The highest BCUT2D eigenvalue weighted by Gasteiger charge is 2.35. The van der Waals surface area contributed by atoms with Crippen molar-refractivity contribution in [3.8, 4) is 0 Å². The van der Waals surface area contributed by atoms with Gasteiger partial charge in [-0.2, -0.15) is 13.2 Å². The Bertz CT molecular complexity index is 493. The minimum Gasteiger partial charge on any atom is -0.349 e. The lowest BCUT2D eigenvalue weighted by Gasteiger charge is -2.20. The molecule has 0 fully saturated rings. The third kappa shape index (κ3) is 4.38. The van der Waals surface area contributed by atoms with Crippen molar-refractivity contribution in [2.24, 2.45) is 5.92 Å². The molecule has 0 aliphatic heterocycles. The molecule has 1 rings (SSSR count). The van der Waals surface area contributed by atoms with Gasteiger partial charge in [0.25, 0.3) is 5.91 Å². The number of nitrogens with one attached hydrogen (secondary N) is 1. The van der Waals surface area contributed by atoms with Crippen molar-refractivity contribution in [3.05, 3.63) is 33.8 Å². The fourth-order valence-electron chi connectivity index (χ4n) is 1.51. The molecule has 2 nitrogen and oxygen atoms in total. The van der Waals surface area contributed by atoms with Gasteiger partial charge in [-0.05, 0) is 31.0 Å². The molecule has 0 saturated heterocycles. The predicted molar refractivity (Wildman–Crippen MR) is 76.0 cm³/mol. The average molecular weight is 373 g/mol. The van der Waals surface area contributed by atoms with Gasteiger partial charge in [0.2, 0.25) is 0 Å². The zero-order valence-corrected chi connectivity index (χ0v) is 13.2. The first-order chi connectivity index (χ1) is 9.16. The molecule has 1 aromatic carbocycles. The molecule has 0 radical (unpaired) electrons. The Hall–Kier alpha value is -0.750. The smallest absolute Gasteiger partial charge is 0.349 e. The Labute approximate surface area is 128 Å². The maximum atomic E-state index is 12.9. The van der Waals surface area contributed by atoms with Crippen LogP contribution < -0.4 is 5.32 Å². The molecule has 2 unspecified atom stereocenters. The zero-order valence-electron chi connectivity index (χ0n) is 10.9. The Morgan fingerprint density at radius 2 is 2.00 bits per heavy atom. The number of halogens is 5. The van der Waals surface area contributed by atoms with Gasteiger partial charge in [-0.1, -0.05) is 22.9 Å². The van der Waals surface area contributed by atoms with Crippen LogP contribution in [0.25, 0.3) is 0 Å². The van der Waals surface area contributed by atoms with Gasteiger partial charge in [0.15, 0.2) is 0 Å². The van der Waals surface area contributed by atoms with Crippen molar-refractivity contribution in [1.29, 1.82) is 0 Å². The lowest BCUT2D eigenvalue weighted by molar-refractivity contribution is -0.138. The summed E-state index contributed by atoms with van der Waals surface area (Å²) in [6, 6.07) is 3.13. The van der Waals surface area contributed by atoms with Crippen LogP contribution >= 0.6 is 27.5 Å². The summed E-state index contributed by atoms with van der Waals surface area (Å²) in [7, 11) is 0. The third-order valence-corrected chi connectivity index (χ3v) is 3.97. The normalized spacial score (nSPS) is 14.8. The second-order valence-corrected chi connectivity index (χ2v) is 5.81. The van der Waals surface area contributed by atoms with E-state index in [0.29, 0.717) is 5.88 Å². The van der Waals surface area contributed by atoms with Gasteiger partial charge in [-0.3, -0.25) is 4.79 Å². The van der Waals surface area contributed by atoms with Gasteiger partial charge in [-0.15, -0.1) is 11.6 Å². The summed E-state index contributed by atoms with van der Waals surface area (Å²) in [5.41, 5.74) is -1.36. The van der Waals surface area contributed by atoms with Crippen LogP contribution in [0.1, 0.15) is 29.8 Å². The SMILES string of the molecule is CC(CCl)C(C)NC(=O)c1ccc(Br)cc1C(F)(F)F. The molecule has 0 heterocycles. The lowest BCUT2D eigenvalue weighted by atomic mass is 10.0. The van der Waals surface area contributed by atoms with E-state index in [-0.39, 0.29) is 16.4 Å². The summed E-state index contributed by atoms with van der Waals surface area (Å²) in [6.07, 6.45) is -4.59. The lowest BCUT2D eigenvalue weighted by Crippen LogP contribution is -2.38. The Morgan fingerprint density at radius 1 is 1.40 bits per heavy atom. The van der Waals surface area contributed by atoms with Crippen LogP contribution in [0.4, 0.5) is 13.2 Å². The monoisotopic (exact) mass is 371 g/mol. The van der Waals surface area contributed by atoms with E-state index in [2.05, 4.69) is 21.2 Å². The van der Waals surface area contributed by atoms with Crippen LogP contribution in [-0.4, -0.2) is 17.8 Å². The molecule has 0 aliphatic rings. The Balaban J connectivity index is 3.05. The van der Waals surface area contributed by atoms with E-state index < -0.39 is 23.2 Å². The molecule has 0 aromatic heterocycles. The molecular formula is C13H14BrClF3NO. The molecule has 0 saturated carbocycles. The number of hydrogen-bond donors (Lipinski definition) is 1. The van der Waals surface area contributed by atoms with Crippen molar-refractivity contribution in [2.45, 2.75) is 26.1 Å². The van der Waals surface area contributed by atoms with Crippen molar-refractivity contribution >= 4 is 33.4 Å². The number of amides is 1. The number of alkyl halides is 4. The second-order valence-electron chi connectivity index (χ2n) is 4.58. The largest absolute Gasteiger partial charge is 0.417 e. The van der Waals surface area contributed by atoms with Crippen molar-refractivity contribution in [3.63, 3.8) is 0 Å². The van der Waals surface area contributed by atoms with Crippen LogP contribution in [0.15, 0.2) is 22.7 Å². The number of benzene rings is 1. The Morgan fingerprint density at radius 3 is 2.50 bits per heavy atom. The summed E-state index contributed by atoms with van der Waals surface area (Å²) >= 11 is 8.64. The minimum absolute atomic E-state index is 0.0367. The van der Waals surface area contributed by atoms with Gasteiger partial charge in [0, 0.05) is 16.4 Å². The average Bonchev–Trinajstić information content (AvgIpc) is 2.36.